The van der Waals surface area contributed by atoms with Crippen molar-refractivity contribution in [3.8, 4) is 5.75 Å². The zero-order valence-electron chi connectivity index (χ0n) is 16.3. The smallest absolute Gasteiger partial charge is 0.119 e. The number of fused-ring (bicyclic) bond motifs is 4. The second-order valence-corrected chi connectivity index (χ2v) is 7.97. The molecule has 0 radical (unpaired) electrons. The molecule has 1 N–H and O–H groups in total. The van der Waals surface area contributed by atoms with Crippen LogP contribution in [0.2, 0.25) is 0 Å². The van der Waals surface area contributed by atoms with E-state index in [0.717, 1.165) is 64.3 Å². The molecule has 2 aliphatic heterocycles. The third-order valence-electron chi connectivity index (χ3n) is 6.29. The summed E-state index contributed by atoms with van der Waals surface area (Å²) >= 11 is 0. The first-order chi connectivity index (χ1) is 13.8. The molecule has 0 bridgehead atoms. The van der Waals surface area contributed by atoms with Gasteiger partial charge in [-0.2, -0.15) is 0 Å². The molecule has 5 rings (SSSR count). The number of piperidine rings is 1. The molecule has 1 aromatic heterocycles. The number of likely N-dealkylation sites (tertiary alicyclic amines) is 1. The number of H-pyrrole nitrogens is 1. The first kappa shape index (κ1) is 17.8. The van der Waals surface area contributed by atoms with E-state index in [-0.39, 0.29) is 5.60 Å². The molecule has 0 saturated carbocycles. The van der Waals surface area contributed by atoms with Gasteiger partial charge in [0.25, 0.3) is 0 Å². The lowest BCUT2D eigenvalue weighted by Crippen LogP contribution is -2.47. The Balaban J connectivity index is 1.19. The molecule has 0 atom stereocenters. The molecule has 28 heavy (non-hydrogen) atoms. The average molecular weight is 376 g/mol. The Hall–Kier alpha value is -2.30. The molecule has 1 fully saturated rings. The van der Waals surface area contributed by atoms with Gasteiger partial charge in [-0.05, 0) is 49.4 Å². The van der Waals surface area contributed by atoms with Gasteiger partial charge in [-0.25, -0.2) is 0 Å². The quantitative estimate of drug-likeness (QED) is 0.666. The Morgan fingerprint density at radius 1 is 1.00 bits per heavy atom. The minimum absolute atomic E-state index is 0.121. The van der Waals surface area contributed by atoms with E-state index in [1.165, 1.54) is 22.2 Å². The normalized spacial score (nSPS) is 19.0. The first-order valence-electron chi connectivity index (χ1n) is 10.5. The predicted molar refractivity (Wildman–Crippen MR) is 112 cm³/mol. The van der Waals surface area contributed by atoms with E-state index in [2.05, 4.69) is 34.1 Å². The molecule has 2 aromatic carbocycles. The topological polar surface area (TPSA) is 37.5 Å². The number of rotatable bonds is 5. The molecule has 4 nitrogen and oxygen atoms in total. The number of aromatic amines is 1. The molecule has 0 amide bonds. The number of para-hydroxylation sites is 2. The summed E-state index contributed by atoms with van der Waals surface area (Å²) in [6.45, 7) is 4.86. The summed E-state index contributed by atoms with van der Waals surface area (Å²) in [6, 6.07) is 18.8. The van der Waals surface area contributed by atoms with Gasteiger partial charge in [0.15, 0.2) is 0 Å². The zero-order chi connectivity index (χ0) is 18.8. The van der Waals surface area contributed by atoms with E-state index >= 15 is 0 Å². The van der Waals surface area contributed by atoms with E-state index in [1.807, 2.05) is 30.3 Å². The summed E-state index contributed by atoms with van der Waals surface area (Å²) in [5.74, 6) is 0.960. The monoisotopic (exact) mass is 376 g/mol. The maximum absolute atomic E-state index is 6.41. The summed E-state index contributed by atoms with van der Waals surface area (Å²) < 4.78 is 12.2. The standard InChI is InChI=1S/C24H28N2O2/c1-2-7-19(8-3-1)27-17-6-14-26-15-12-24(13-16-26)23-21(11-18-28-24)20-9-4-5-10-22(20)25-23/h1-5,7-10,25H,6,11-18H2. The summed E-state index contributed by atoms with van der Waals surface area (Å²) in [7, 11) is 0. The van der Waals surface area contributed by atoms with Crippen molar-refractivity contribution in [2.75, 3.05) is 32.8 Å². The third-order valence-corrected chi connectivity index (χ3v) is 6.29. The third kappa shape index (κ3) is 3.31. The molecule has 1 saturated heterocycles. The van der Waals surface area contributed by atoms with Crippen molar-refractivity contribution in [2.45, 2.75) is 31.3 Å². The number of nitrogens with zero attached hydrogens (tertiary/aromatic N) is 1. The van der Waals surface area contributed by atoms with Crippen LogP contribution >= 0.6 is 0 Å². The zero-order valence-corrected chi connectivity index (χ0v) is 16.3. The van der Waals surface area contributed by atoms with Crippen LogP contribution in [-0.2, 0) is 16.8 Å². The van der Waals surface area contributed by atoms with Crippen molar-refractivity contribution in [1.82, 2.24) is 9.88 Å². The fraction of sp³-hybridized carbons (Fsp3) is 0.417. The van der Waals surface area contributed by atoms with Crippen LogP contribution in [0, 0.1) is 0 Å². The van der Waals surface area contributed by atoms with E-state index in [4.69, 9.17) is 9.47 Å². The lowest BCUT2D eigenvalue weighted by Gasteiger charge is -2.43. The number of benzene rings is 2. The molecular weight excluding hydrogens is 348 g/mol. The fourth-order valence-electron chi connectivity index (χ4n) is 4.80. The summed E-state index contributed by atoms with van der Waals surface area (Å²) in [6.07, 6.45) is 4.20. The predicted octanol–water partition coefficient (Wildman–Crippen LogP) is 4.50. The van der Waals surface area contributed by atoms with Gasteiger partial charge in [-0.3, -0.25) is 0 Å². The van der Waals surface area contributed by atoms with Crippen molar-refractivity contribution in [3.05, 3.63) is 65.9 Å². The minimum atomic E-state index is -0.121. The lowest BCUT2D eigenvalue weighted by molar-refractivity contribution is -0.100. The van der Waals surface area contributed by atoms with Crippen molar-refractivity contribution in [3.63, 3.8) is 0 Å². The molecule has 146 valence electrons. The molecule has 4 heteroatoms. The Labute approximate surface area is 166 Å². The number of aromatic nitrogens is 1. The lowest BCUT2D eigenvalue weighted by atomic mass is 9.83. The Morgan fingerprint density at radius 3 is 2.64 bits per heavy atom. The van der Waals surface area contributed by atoms with Gasteiger partial charge >= 0.3 is 0 Å². The number of hydrogen-bond acceptors (Lipinski definition) is 3. The van der Waals surface area contributed by atoms with Crippen LogP contribution in [0.15, 0.2) is 54.6 Å². The molecular formula is C24H28N2O2. The van der Waals surface area contributed by atoms with E-state index in [1.54, 1.807) is 0 Å². The fourth-order valence-corrected chi connectivity index (χ4v) is 4.80. The van der Waals surface area contributed by atoms with Crippen LogP contribution in [0.1, 0.15) is 30.5 Å². The SMILES string of the molecule is c1ccc(OCCCN2CCC3(CC2)OCCc2c3[nH]c3ccccc23)cc1. The molecule has 0 aliphatic carbocycles. The van der Waals surface area contributed by atoms with Gasteiger partial charge < -0.3 is 19.4 Å². The van der Waals surface area contributed by atoms with Crippen LogP contribution in [0.4, 0.5) is 0 Å². The van der Waals surface area contributed by atoms with Gasteiger partial charge in [0.2, 0.25) is 0 Å². The molecule has 3 heterocycles. The highest BCUT2D eigenvalue weighted by molar-refractivity contribution is 5.85. The summed E-state index contributed by atoms with van der Waals surface area (Å²) in [5, 5.41) is 1.38. The van der Waals surface area contributed by atoms with Crippen molar-refractivity contribution >= 4 is 10.9 Å². The Bertz CT molecular complexity index is 926. The van der Waals surface area contributed by atoms with Gasteiger partial charge in [0.1, 0.15) is 11.4 Å². The van der Waals surface area contributed by atoms with Crippen LogP contribution < -0.4 is 4.74 Å². The van der Waals surface area contributed by atoms with E-state index in [0.29, 0.717) is 0 Å². The maximum Gasteiger partial charge on any atom is 0.119 e. The van der Waals surface area contributed by atoms with E-state index < -0.39 is 0 Å². The van der Waals surface area contributed by atoms with Gasteiger partial charge in [0, 0.05) is 30.5 Å². The van der Waals surface area contributed by atoms with Crippen molar-refractivity contribution in [2.24, 2.45) is 0 Å². The number of hydrogen-bond donors (Lipinski definition) is 1. The highest BCUT2D eigenvalue weighted by Gasteiger charge is 2.42. The summed E-state index contributed by atoms with van der Waals surface area (Å²) in [4.78, 5) is 6.25. The number of ether oxygens (including phenoxy) is 2. The molecule has 2 aliphatic rings. The maximum atomic E-state index is 6.41. The molecule has 0 unspecified atom stereocenters. The first-order valence-corrected chi connectivity index (χ1v) is 10.5. The van der Waals surface area contributed by atoms with Crippen molar-refractivity contribution < 1.29 is 9.47 Å². The second-order valence-electron chi connectivity index (χ2n) is 7.97. The van der Waals surface area contributed by atoms with Crippen LogP contribution in [0.25, 0.3) is 10.9 Å². The van der Waals surface area contributed by atoms with E-state index in [9.17, 15) is 0 Å². The molecule has 1 spiro atoms. The number of nitrogens with one attached hydrogen (secondary N) is 1. The van der Waals surface area contributed by atoms with Gasteiger partial charge in [-0.1, -0.05) is 36.4 Å². The highest BCUT2D eigenvalue weighted by Crippen LogP contribution is 2.43. The molecule has 3 aromatic rings. The average Bonchev–Trinajstić information content (AvgIpc) is 3.14. The van der Waals surface area contributed by atoms with Crippen LogP contribution in [-0.4, -0.2) is 42.7 Å². The Kier molecular flexibility index (Phi) is 4.83. The minimum Gasteiger partial charge on any atom is -0.494 e. The van der Waals surface area contributed by atoms with Gasteiger partial charge in [-0.15, -0.1) is 0 Å². The van der Waals surface area contributed by atoms with Gasteiger partial charge in [0.05, 0.1) is 18.9 Å². The highest BCUT2D eigenvalue weighted by atomic mass is 16.5. The second kappa shape index (κ2) is 7.61. The van der Waals surface area contributed by atoms with Crippen molar-refractivity contribution in [1.29, 1.82) is 0 Å². The Morgan fingerprint density at radius 2 is 1.79 bits per heavy atom. The van der Waals surface area contributed by atoms with Crippen LogP contribution in [0.5, 0.6) is 5.75 Å². The van der Waals surface area contributed by atoms with Crippen LogP contribution in [0.3, 0.4) is 0 Å². The summed E-state index contributed by atoms with van der Waals surface area (Å²) in [5.41, 5.74) is 3.94. The largest absolute Gasteiger partial charge is 0.494 e.